The van der Waals surface area contributed by atoms with Crippen molar-refractivity contribution in [1.29, 1.82) is 0 Å². The number of amides is 1. The molecule has 1 rings (SSSR count). The minimum atomic E-state index is -0.522. The van der Waals surface area contributed by atoms with Gasteiger partial charge in [0.15, 0.2) is 0 Å². The summed E-state index contributed by atoms with van der Waals surface area (Å²) in [5.41, 5.74) is 6.58. The van der Waals surface area contributed by atoms with E-state index in [1.807, 2.05) is 20.8 Å². The molecule has 0 aliphatic carbocycles. The molecule has 3 atom stereocenters. The fourth-order valence-corrected chi connectivity index (χ4v) is 1.68. The van der Waals surface area contributed by atoms with E-state index in [9.17, 15) is 9.18 Å². The highest BCUT2D eigenvalue weighted by atomic mass is 19.1. The number of carbonyl (C=O) groups excluding carboxylic acids is 1. The summed E-state index contributed by atoms with van der Waals surface area (Å²) in [6.45, 7) is 5.75. The number of carbonyl (C=O) groups is 1. The monoisotopic (exact) mass is 252 g/mol. The Kier molecular flexibility index (Phi) is 5.28. The average Bonchev–Trinajstić information content (AvgIpc) is 2.36. The van der Waals surface area contributed by atoms with Gasteiger partial charge in [-0.05, 0) is 30.5 Å². The summed E-state index contributed by atoms with van der Waals surface area (Å²) in [5.74, 6) is -0.370. The minimum absolute atomic E-state index is 0.129. The van der Waals surface area contributed by atoms with Gasteiger partial charge in [-0.25, -0.2) is 4.39 Å². The van der Waals surface area contributed by atoms with Gasteiger partial charge in [0.25, 0.3) is 0 Å². The summed E-state index contributed by atoms with van der Waals surface area (Å²) in [4.78, 5) is 11.9. The van der Waals surface area contributed by atoms with Crippen LogP contribution < -0.4 is 11.1 Å². The second-order valence-electron chi connectivity index (χ2n) is 4.70. The van der Waals surface area contributed by atoms with E-state index in [0.29, 0.717) is 0 Å². The number of benzene rings is 1. The van der Waals surface area contributed by atoms with E-state index >= 15 is 0 Å². The fourth-order valence-electron chi connectivity index (χ4n) is 1.68. The highest BCUT2D eigenvalue weighted by molar-refractivity contribution is 5.82. The van der Waals surface area contributed by atoms with Gasteiger partial charge in [0.1, 0.15) is 5.82 Å². The van der Waals surface area contributed by atoms with Crippen LogP contribution in [0.2, 0.25) is 0 Å². The molecule has 0 bridgehead atoms. The first kappa shape index (κ1) is 14.6. The molecule has 100 valence electrons. The Balaban J connectivity index is 2.65. The largest absolute Gasteiger partial charge is 0.348 e. The van der Waals surface area contributed by atoms with Crippen LogP contribution in [0.25, 0.3) is 0 Å². The van der Waals surface area contributed by atoms with Crippen molar-refractivity contribution >= 4 is 5.91 Å². The first-order valence-corrected chi connectivity index (χ1v) is 6.27. The molecule has 0 saturated heterocycles. The van der Waals surface area contributed by atoms with Gasteiger partial charge in [-0.1, -0.05) is 32.4 Å². The molecule has 0 fully saturated rings. The molecule has 1 aromatic carbocycles. The third kappa shape index (κ3) is 3.81. The first-order valence-electron chi connectivity index (χ1n) is 6.27. The van der Waals surface area contributed by atoms with Crippen molar-refractivity contribution in [2.24, 2.45) is 11.7 Å². The zero-order chi connectivity index (χ0) is 13.7. The van der Waals surface area contributed by atoms with Crippen LogP contribution in [-0.4, -0.2) is 11.9 Å². The van der Waals surface area contributed by atoms with E-state index in [2.05, 4.69) is 5.32 Å². The van der Waals surface area contributed by atoms with Crippen LogP contribution in [0.1, 0.15) is 38.8 Å². The molecule has 0 spiro atoms. The van der Waals surface area contributed by atoms with Crippen LogP contribution in [0, 0.1) is 11.7 Å². The maximum atomic E-state index is 13.1. The van der Waals surface area contributed by atoms with Crippen molar-refractivity contribution in [3.63, 3.8) is 0 Å². The molecule has 1 amide bonds. The Hall–Kier alpha value is -1.42. The van der Waals surface area contributed by atoms with Crippen molar-refractivity contribution in [2.75, 3.05) is 0 Å². The highest BCUT2D eigenvalue weighted by Crippen LogP contribution is 2.14. The molecular weight excluding hydrogens is 231 g/mol. The molecule has 0 aliphatic rings. The van der Waals surface area contributed by atoms with Crippen LogP contribution in [0.15, 0.2) is 24.3 Å². The molecule has 2 unspecified atom stereocenters. The van der Waals surface area contributed by atoms with Crippen molar-refractivity contribution in [1.82, 2.24) is 5.32 Å². The average molecular weight is 252 g/mol. The molecule has 3 N–H and O–H groups in total. The quantitative estimate of drug-likeness (QED) is 0.845. The standard InChI is InChI=1S/C14H21FN2O/c1-4-9(2)13(16)14(18)17-10(3)11-6-5-7-12(15)8-11/h5-10,13H,4,16H2,1-3H3,(H,17,18)/t9?,10-,13?/m1/s1. The Labute approximate surface area is 108 Å². The second-order valence-corrected chi connectivity index (χ2v) is 4.70. The Bertz CT molecular complexity index is 409. The van der Waals surface area contributed by atoms with Crippen LogP contribution in [0.4, 0.5) is 4.39 Å². The Morgan fingerprint density at radius 3 is 2.67 bits per heavy atom. The second kappa shape index (κ2) is 6.50. The number of hydrogen-bond acceptors (Lipinski definition) is 2. The summed E-state index contributed by atoms with van der Waals surface area (Å²) >= 11 is 0. The third-order valence-corrected chi connectivity index (χ3v) is 3.27. The minimum Gasteiger partial charge on any atom is -0.348 e. The summed E-state index contributed by atoms with van der Waals surface area (Å²) in [7, 11) is 0. The zero-order valence-electron chi connectivity index (χ0n) is 11.1. The van der Waals surface area contributed by atoms with Crippen molar-refractivity contribution < 1.29 is 9.18 Å². The lowest BCUT2D eigenvalue weighted by atomic mass is 9.98. The maximum Gasteiger partial charge on any atom is 0.237 e. The Morgan fingerprint density at radius 2 is 2.11 bits per heavy atom. The van der Waals surface area contributed by atoms with Gasteiger partial charge in [-0.15, -0.1) is 0 Å². The maximum absolute atomic E-state index is 13.1. The van der Waals surface area contributed by atoms with E-state index in [4.69, 9.17) is 5.73 Å². The number of nitrogens with one attached hydrogen (secondary N) is 1. The van der Waals surface area contributed by atoms with Gasteiger partial charge >= 0.3 is 0 Å². The predicted molar refractivity (Wildman–Crippen MR) is 70.4 cm³/mol. The summed E-state index contributed by atoms with van der Waals surface area (Å²) in [6.07, 6.45) is 0.850. The van der Waals surface area contributed by atoms with Crippen molar-refractivity contribution in [3.05, 3.63) is 35.6 Å². The molecule has 0 saturated carbocycles. The van der Waals surface area contributed by atoms with Gasteiger partial charge in [-0.3, -0.25) is 4.79 Å². The SMILES string of the molecule is CCC(C)C(N)C(=O)N[C@H](C)c1cccc(F)c1. The van der Waals surface area contributed by atoms with E-state index in [-0.39, 0.29) is 23.7 Å². The van der Waals surface area contributed by atoms with E-state index in [0.717, 1.165) is 12.0 Å². The number of hydrogen-bond donors (Lipinski definition) is 2. The predicted octanol–water partition coefficient (Wildman–Crippen LogP) is 2.38. The first-order chi connectivity index (χ1) is 8.45. The summed E-state index contributed by atoms with van der Waals surface area (Å²) in [6, 6.07) is 5.43. The third-order valence-electron chi connectivity index (χ3n) is 3.27. The number of nitrogens with two attached hydrogens (primary N) is 1. The molecular formula is C14H21FN2O. The van der Waals surface area contributed by atoms with Crippen LogP contribution in [0.5, 0.6) is 0 Å². The lowest BCUT2D eigenvalue weighted by Crippen LogP contribution is -2.45. The molecule has 18 heavy (non-hydrogen) atoms. The molecule has 1 aromatic rings. The van der Waals surface area contributed by atoms with Gasteiger partial charge in [-0.2, -0.15) is 0 Å². The molecule has 0 aromatic heterocycles. The lowest BCUT2D eigenvalue weighted by molar-refractivity contribution is -0.124. The molecule has 0 aliphatic heterocycles. The zero-order valence-corrected chi connectivity index (χ0v) is 11.1. The molecule has 3 nitrogen and oxygen atoms in total. The molecule has 4 heteroatoms. The lowest BCUT2D eigenvalue weighted by Gasteiger charge is -2.21. The van der Waals surface area contributed by atoms with E-state index in [1.54, 1.807) is 12.1 Å². The summed E-state index contributed by atoms with van der Waals surface area (Å²) < 4.78 is 13.1. The van der Waals surface area contributed by atoms with E-state index in [1.165, 1.54) is 12.1 Å². The highest BCUT2D eigenvalue weighted by Gasteiger charge is 2.21. The van der Waals surface area contributed by atoms with Crippen LogP contribution in [0.3, 0.4) is 0 Å². The van der Waals surface area contributed by atoms with Gasteiger partial charge in [0, 0.05) is 0 Å². The summed E-state index contributed by atoms with van der Waals surface area (Å²) in [5, 5.41) is 2.81. The number of halogens is 1. The van der Waals surface area contributed by atoms with Crippen LogP contribution >= 0.6 is 0 Å². The topological polar surface area (TPSA) is 55.1 Å². The van der Waals surface area contributed by atoms with Gasteiger partial charge in [0.2, 0.25) is 5.91 Å². The Morgan fingerprint density at radius 1 is 1.44 bits per heavy atom. The van der Waals surface area contributed by atoms with Crippen molar-refractivity contribution in [3.8, 4) is 0 Å². The molecule has 0 radical (unpaired) electrons. The normalized spacial score (nSPS) is 15.8. The van der Waals surface area contributed by atoms with Gasteiger partial charge < -0.3 is 11.1 Å². The smallest absolute Gasteiger partial charge is 0.237 e. The molecule has 0 heterocycles. The van der Waals surface area contributed by atoms with Crippen LogP contribution in [-0.2, 0) is 4.79 Å². The van der Waals surface area contributed by atoms with E-state index < -0.39 is 6.04 Å². The van der Waals surface area contributed by atoms with Crippen molar-refractivity contribution in [2.45, 2.75) is 39.3 Å². The number of rotatable bonds is 5. The van der Waals surface area contributed by atoms with Gasteiger partial charge in [0.05, 0.1) is 12.1 Å². The fraction of sp³-hybridized carbons (Fsp3) is 0.500.